The SMILES string of the molecule is CCC1(CC)NC(=O)c2cc(NC(=O)c3cc4cc(Cl)ccc4[nH]3)ccc2O1. The van der Waals surface area contributed by atoms with E-state index in [-0.39, 0.29) is 11.8 Å². The highest BCUT2D eigenvalue weighted by molar-refractivity contribution is 6.31. The van der Waals surface area contributed by atoms with Crippen LogP contribution in [-0.2, 0) is 0 Å². The first-order chi connectivity index (χ1) is 13.4. The second-order valence-corrected chi connectivity index (χ2v) is 7.27. The van der Waals surface area contributed by atoms with E-state index in [1.807, 2.05) is 19.9 Å². The lowest BCUT2D eigenvalue weighted by Crippen LogP contribution is -2.55. The van der Waals surface area contributed by atoms with E-state index in [4.69, 9.17) is 16.3 Å². The molecule has 0 aliphatic carbocycles. The fraction of sp³-hybridized carbons (Fsp3) is 0.238. The van der Waals surface area contributed by atoms with E-state index in [2.05, 4.69) is 15.6 Å². The number of benzene rings is 2. The van der Waals surface area contributed by atoms with Crippen LogP contribution in [-0.4, -0.2) is 22.5 Å². The lowest BCUT2D eigenvalue weighted by atomic mass is 10.0. The Labute approximate surface area is 167 Å². The lowest BCUT2D eigenvalue weighted by molar-refractivity contribution is 0.0127. The molecule has 0 saturated carbocycles. The monoisotopic (exact) mass is 397 g/mol. The molecule has 144 valence electrons. The average molecular weight is 398 g/mol. The Bertz CT molecular complexity index is 1090. The number of hydrogen-bond donors (Lipinski definition) is 3. The summed E-state index contributed by atoms with van der Waals surface area (Å²) >= 11 is 6.00. The molecule has 1 aliphatic rings. The van der Waals surface area contributed by atoms with Crippen molar-refractivity contribution in [3.63, 3.8) is 0 Å². The second kappa shape index (κ2) is 6.87. The highest BCUT2D eigenvalue weighted by atomic mass is 35.5. The largest absolute Gasteiger partial charge is 0.467 e. The van der Waals surface area contributed by atoms with E-state index in [0.717, 1.165) is 10.9 Å². The summed E-state index contributed by atoms with van der Waals surface area (Å²) < 4.78 is 6.02. The molecule has 0 atom stereocenters. The number of aromatic nitrogens is 1. The Hall–Kier alpha value is -2.99. The summed E-state index contributed by atoms with van der Waals surface area (Å²) in [5.74, 6) is 0.00729. The quantitative estimate of drug-likeness (QED) is 0.596. The van der Waals surface area contributed by atoms with Crippen LogP contribution >= 0.6 is 11.6 Å². The molecule has 2 amide bonds. The van der Waals surface area contributed by atoms with Crippen LogP contribution in [0.2, 0.25) is 5.02 Å². The minimum atomic E-state index is -0.680. The number of halogens is 1. The summed E-state index contributed by atoms with van der Waals surface area (Å²) in [7, 11) is 0. The third-order valence-corrected chi connectivity index (χ3v) is 5.33. The summed E-state index contributed by atoms with van der Waals surface area (Å²) in [4.78, 5) is 28.2. The van der Waals surface area contributed by atoms with Crippen molar-refractivity contribution < 1.29 is 14.3 Å². The summed E-state index contributed by atoms with van der Waals surface area (Å²) in [6.07, 6.45) is 1.33. The van der Waals surface area contributed by atoms with E-state index >= 15 is 0 Å². The van der Waals surface area contributed by atoms with Crippen molar-refractivity contribution in [2.45, 2.75) is 32.4 Å². The number of nitrogens with one attached hydrogen (secondary N) is 3. The number of carbonyl (C=O) groups excluding carboxylic acids is 2. The highest BCUT2D eigenvalue weighted by Gasteiger charge is 2.36. The highest BCUT2D eigenvalue weighted by Crippen LogP contribution is 2.33. The third-order valence-electron chi connectivity index (χ3n) is 5.10. The summed E-state index contributed by atoms with van der Waals surface area (Å²) in [5, 5.41) is 7.20. The fourth-order valence-corrected chi connectivity index (χ4v) is 3.56. The Kier molecular flexibility index (Phi) is 4.51. The molecule has 0 spiro atoms. The number of amides is 2. The smallest absolute Gasteiger partial charge is 0.272 e. The van der Waals surface area contributed by atoms with Gasteiger partial charge in [0.05, 0.1) is 5.56 Å². The fourth-order valence-electron chi connectivity index (χ4n) is 3.38. The number of anilines is 1. The van der Waals surface area contributed by atoms with Gasteiger partial charge in [0.15, 0.2) is 5.72 Å². The van der Waals surface area contributed by atoms with Crippen LogP contribution < -0.4 is 15.4 Å². The van der Waals surface area contributed by atoms with Gasteiger partial charge in [-0.2, -0.15) is 0 Å². The van der Waals surface area contributed by atoms with Crippen LogP contribution in [0.5, 0.6) is 5.75 Å². The number of fused-ring (bicyclic) bond motifs is 2. The molecule has 3 N–H and O–H groups in total. The molecule has 0 fully saturated rings. The molecule has 2 aromatic carbocycles. The zero-order valence-corrected chi connectivity index (χ0v) is 16.3. The normalized spacial score (nSPS) is 14.9. The van der Waals surface area contributed by atoms with E-state index < -0.39 is 5.72 Å². The molecular formula is C21H20ClN3O3. The van der Waals surface area contributed by atoms with E-state index in [1.165, 1.54) is 0 Å². The van der Waals surface area contributed by atoms with Crippen LogP contribution in [0.25, 0.3) is 10.9 Å². The Balaban J connectivity index is 1.58. The first-order valence-electron chi connectivity index (χ1n) is 9.18. The van der Waals surface area contributed by atoms with Gasteiger partial charge in [0.25, 0.3) is 11.8 Å². The van der Waals surface area contributed by atoms with Crippen molar-refractivity contribution in [1.82, 2.24) is 10.3 Å². The number of carbonyl (C=O) groups is 2. The van der Waals surface area contributed by atoms with E-state index in [0.29, 0.717) is 40.6 Å². The van der Waals surface area contributed by atoms with Crippen molar-refractivity contribution in [3.05, 3.63) is 58.7 Å². The molecule has 0 saturated heterocycles. The molecule has 0 bridgehead atoms. The predicted octanol–water partition coefficient (Wildman–Crippen LogP) is 4.71. The van der Waals surface area contributed by atoms with E-state index in [1.54, 1.807) is 36.4 Å². The predicted molar refractivity (Wildman–Crippen MR) is 109 cm³/mol. The lowest BCUT2D eigenvalue weighted by Gasteiger charge is -2.38. The average Bonchev–Trinajstić information content (AvgIpc) is 3.11. The molecule has 7 heteroatoms. The van der Waals surface area contributed by atoms with Gasteiger partial charge in [-0.05, 0) is 42.5 Å². The minimum absolute atomic E-state index is 0.207. The van der Waals surface area contributed by atoms with Gasteiger partial charge < -0.3 is 20.4 Å². The van der Waals surface area contributed by atoms with Crippen molar-refractivity contribution in [2.24, 2.45) is 0 Å². The Morgan fingerprint density at radius 3 is 2.68 bits per heavy atom. The Morgan fingerprint density at radius 1 is 1.14 bits per heavy atom. The summed E-state index contributed by atoms with van der Waals surface area (Å²) in [5.41, 5.74) is 1.47. The van der Waals surface area contributed by atoms with Crippen molar-refractivity contribution in [1.29, 1.82) is 0 Å². The van der Waals surface area contributed by atoms with Gasteiger partial charge in [-0.1, -0.05) is 25.4 Å². The maximum atomic E-state index is 12.6. The van der Waals surface area contributed by atoms with Gasteiger partial charge in [0.2, 0.25) is 0 Å². The summed E-state index contributed by atoms with van der Waals surface area (Å²) in [6, 6.07) is 12.2. The molecule has 28 heavy (non-hydrogen) atoms. The number of rotatable bonds is 4. The first-order valence-corrected chi connectivity index (χ1v) is 9.56. The number of H-pyrrole nitrogens is 1. The van der Waals surface area contributed by atoms with Crippen LogP contribution in [0.15, 0.2) is 42.5 Å². The zero-order valence-electron chi connectivity index (χ0n) is 15.6. The minimum Gasteiger partial charge on any atom is -0.467 e. The molecule has 6 nitrogen and oxygen atoms in total. The number of hydrogen-bond acceptors (Lipinski definition) is 3. The topological polar surface area (TPSA) is 83.2 Å². The summed E-state index contributed by atoms with van der Waals surface area (Å²) in [6.45, 7) is 3.94. The molecule has 0 unspecified atom stereocenters. The van der Waals surface area contributed by atoms with Crippen LogP contribution in [0, 0.1) is 0 Å². The van der Waals surface area contributed by atoms with Crippen LogP contribution in [0.3, 0.4) is 0 Å². The second-order valence-electron chi connectivity index (χ2n) is 6.84. The van der Waals surface area contributed by atoms with Crippen molar-refractivity contribution in [3.8, 4) is 5.75 Å². The van der Waals surface area contributed by atoms with Crippen LogP contribution in [0.4, 0.5) is 5.69 Å². The first kappa shape index (κ1) is 18.4. The number of aromatic amines is 1. The molecule has 0 radical (unpaired) electrons. The van der Waals surface area contributed by atoms with Crippen molar-refractivity contribution >= 4 is 40.0 Å². The maximum Gasteiger partial charge on any atom is 0.272 e. The van der Waals surface area contributed by atoms with Gasteiger partial charge >= 0.3 is 0 Å². The maximum absolute atomic E-state index is 12.6. The van der Waals surface area contributed by atoms with Crippen LogP contribution in [0.1, 0.15) is 47.5 Å². The zero-order chi connectivity index (χ0) is 19.9. The van der Waals surface area contributed by atoms with Gasteiger partial charge in [-0.15, -0.1) is 0 Å². The Morgan fingerprint density at radius 2 is 1.93 bits per heavy atom. The molecule has 3 aromatic rings. The third kappa shape index (κ3) is 3.20. The van der Waals surface area contributed by atoms with Gasteiger partial charge in [-0.3, -0.25) is 9.59 Å². The van der Waals surface area contributed by atoms with Gasteiger partial charge in [0, 0.05) is 34.5 Å². The van der Waals surface area contributed by atoms with E-state index in [9.17, 15) is 9.59 Å². The molecule has 1 aliphatic heterocycles. The molecule has 2 heterocycles. The van der Waals surface area contributed by atoms with Gasteiger partial charge in [0.1, 0.15) is 11.4 Å². The standard InChI is InChI=1S/C21H20ClN3O3/c1-3-21(4-2)25-19(26)15-11-14(6-8-18(15)28-21)23-20(27)17-10-12-9-13(22)5-7-16(12)24-17/h5-11,24H,3-4H2,1-2H3,(H,23,27)(H,25,26). The number of ether oxygens (including phenoxy) is 1. The molecular weight excluding hydrogens is 378 g/mol. The van der Waals surface area contributed by atoms with Crippen molar-refractivity contribution in [2.75, 3.05) is 5.32 Å². The molecule has 1 aromatic heterocycles. The van der Waals surface area contributed by atoms with Gasteiger partial charge in [-0.25, -0.2) is 0 Å². The molecule has 4 rings (SSSR count).